The first-order chi connectivity index (χ1) is 13.0. The Morgan fingerprint density at radius 2 is 1.70 bits per heavy atom. The summed E-state index contributed by atoms with van der Waals surface area (Å²) in [6, 6.07) is 11.3. The average molecular weight is 371 g/mol. The first kappa shape index (κ1) is 19.0. The second-order valence-electron chi connectivity index (χ2n) is 6.77. The number of rotatable bonds is 6. The number of nitrogens with one attached hydrogen (secondary N) is 1. The van der Waals surface area contributed by atoms with Crippen LogP contribution in [0.25, 0.3) is 0 Å². The molecule has 2 aromatic carbocycles. The van der Waals surface area contributed by atoms with E-state index in [9.17, 15) is 9.90 Å². The Hall–Kier alpha value is -2.73. The van der Waals surface area contributed by atoms with E-state index in [-0.39, 0.29) is 12.5 Å². The third kappa shape index (κ3) is 4.01. The molecule has 0 aromatic heterocycles. The van der Waals surface area contributed by atoms with Gasteiger partial charge in [0.15, 0.2) is 11.5 Å². The van der Waals surface area contributed by atoms with E-state index in [4.69, 9.17) is 14.2 Å². The molecular weight excluding hydrogens is 346 g/mol. The highest BCUT2D eigenvalue weighted by molar-refractivity contribution is 5.95. The molecule has 0 bridgehead atoms. The Morgan fingerprint density at radius 1 is 1.07 bits per heavy atom. The zero-order chi connectivity index (χ0) is 19.4. The summed E-state index contributed by atoms with van der Waals surface area (Å²) < 4.78 is 15.9. The summed E-state index contributed by atoms with van der Waals surface area (Å²) in [5, 5.41) is 13.8. The minimum Gasteiger partial charge on any atom is -0.493 e. The van der Waals surface area contributed by atoms with E-state index in [1.54, 1.807) is 12.1 Å². The summed E-state index contributed by atoms with van der Waals surface area (Å²) in [4.78, 5) is 12.6. The Bertz CT molecular complexity index is 810. The number of hydrogen-bond donors (Lipinski definition) is 2. The minimum absolute atomic E-state index is 0.177. The highest BCUT2D eigenvalue weighted by atomic mass is 16.5. The molecule has 1 aliphatic carbocycles. The maximum Gasteiger partial charge on any atom is 0.251 e. The zero-order valence-electron chi connectivity index (χ0n) is 15.9. The van der Waals surface area contributed by atoms with Gasteiger partial charge in [-0.15, -0.1) is 0 Å². The van der Waals surface area contributed by atoms with Crippen LogP contribution in [0.15, 0.2) is 36.4 Å². The van der Waals surface area contributed by atoms with E-state index < -0.39 is 5.60 Å². The van der Waals surface area contributed by atoms with Gasteiger partial charge in [-0.2, -0.15) is 0 Å². The van der Waals surface area contributed by atoms with E-state index in [2.05, 4.69) is 11.4 Å². The number of aryl methyl sites for hydroxylation is 1. The number of amides is 1. The van der Waals surface area contributed by atoms with E-state index >= 15 is 0 Å². The van der Waals surface area contributed by atoms with Crippen LogP contribution in [-0.4, -0.2) is 44.5 Å². The van der Waals surface area contributed by atoms with Gasteiger partial charge in [0.2, 0.25) is 5.75 Å². The lowest BCUT2D eigenvalue weighted by Crippen LogP contribution is -2.46. The number of benzene rings is 2. The van der Waals surface area contributed by atoms with Crippen LogP contribution >= 0.6 is 0 Å². The average Bonchev–Trinajstić information content (AvgIpc) is 2.70. The van der Waals surface area contributed by atoms with Crippen LogP contribution < -0.4 is 19.5 Å². The van der Waals surface area contributed by atoms with Gasteiger partial charge in [0, 0.05) is 18.5 Å². The number of ether oxygens (including phenoxy) is 3. The van der Waals surface area contributed by atoms with Gasteiger partial charge in [-0.1, -0.05) is 24.3 Å². The second-order valence-corrected chi connectivity index (χ2v) is 6.77. The minimum atomic E-state index is -0.954. The van der Waals surface area contributed by atoms with Gasteiger partial charge in [0.05, 0.1) is 26.9 Å². The second kappa shape index (κ2) is 7.88. The molecule has 27 heavy (non-hydrogen) atoms. The summed E-state index contributed by atoms with van der Waals surface area (Å²) in [6.07, 6.45) is 1.94. The Morgan fingerprint density at radius 3 is 2.30 bits per heavy atom. The molecule has 6 nitrogen and oxygen atoms in total. The lowest BCUT2D eigenvalue weighted by atomic mass is 9.80. The summed E-state index contributed by atoms with van der Waals surface area (Å²) in [7, 11) is 4.51. The van der Waals surface area contributed by atoms with E-state index in [1.807, 2.05) is 18.2 Å². The molecule has 0 heterocycles. The van der Waals surface area contributed by atoms with Crippen molar-refractivity contribution in [3.63, 3.8) is 0 Å². The van der Waals surface area contributed by atoms with Gasteiger partial charge >= 0.3 is 0 Å². The topological polar surface area (TPSA) is 77.0 Å². The maximum atomic E-state index is 12.6. The SMILES string of the molecule is COc1cc(C(=O)NCC2(O)CCc3ccccc3C2)cc(OC)c1OC. The predicted octanol–water partition coefficient (Wildman–Crippen LogP) is 2.36. The highest BCUT2D eigenvalue weighted by Gasteiger charge is 2.32. The van der Waals surface area contributed by atoms with E-state index in [0.717, 1.165) is 12.0 Å². The number of carbonyl (C=O) groups excluding carboxylic acids is 1. The van der Waals surface area contributed by atoms with Crippen LogP contribution in [0.4, 0.5) is 0 Å². The quantitative estimate of drug-likeness (QED) is 0.815. The van der Waals surface area contributed by atoms with E-state index in [0.29, 0.717) is 35.7 Å². The van der Waals surface area contributed by atoms with Crippen LogP contribution in [0, 0.1) is 0 Å². The monoisotopic (exact) mass is 371 g/mol. The fraction of sp³-hybridized carbons (Fsp3) is 0.381. The number of fused-ring (bicyclic) bond motifs is 1. The van der Waals surface area contributed by atoms with Crippen molar-refractivity contribution in [3.8, 4) is 17.2 Å². The molecular formula is C21H25NO5. The number of methoxy groups -OCH3 is 3. The van der Waals surface area contributed by atoms with Gasteiger partial charge in [0.25, 0.3) is 5.91 Å². The number of carbonyl (C=O) groups is 1. The van der Waals surface area contributed by atoms with Crippen LogP contribution in [-0.2, 0) is 12.8 Å². The molecule has 0 saturated carbocycles. The molecule has 0 aliphatic heterocycles. The number of aliphatic hydroxyl groups is 1. The molecule has 1 aliphatic rings. The first-order valence-electron chi connectivity index (χ1n) is 8.87. The zero-order valence-corrected chi connectivity index (χ0v) is 15.9. The van der Waals surface area contributed by atoms with Gasteiger partial charge in [-0.3, -0.25) is 4.79 Å². The van der Waals surface area contributed by atoms with Gasteiger partial charge in [0.1, 0.15) is 0 Å². The lowest BCUT2D eigenvalue weighted by Gasteiger charge is -2.33. The Balaban J connectivity index is 1.73. The van der Waals surface area contributed by atoms with E-state index in [1.165, 1.54) is 26.9 Å². The standard InChI is InChI=1S/C21H25NO5/c1-25-17-10-16(11-18(26-2)19(17)27-3)20(23)22-13-21(24)9-8-14-6-4-5-7-15(14)12-21/h4-7,10-11,24H,8-9,12-13H2,1-3H3,(H,22,23). The lowest BCUT2D eigenvalue weighted by molar-refractivity contribution is 0.0260. The summed E-state index contributed by atoms with van der Waals surface area (Å²) >= 11 is 0. The molecule has 0 fully saturated rings. The van der Waals surface area contributed by atoms with Crippen molar-refractivity contribution in [1.29, 1.82) is 0 Å². The molecule has 0 spiro atoms. The molecule has 0 saturated heterocycles. The third-order valence-electron chi connectivity index (χ3n) is 5.00. The smallest absolute Gasteiger partial charge is 0.251 e. The van der Waals surface area contributed by atoms with Crippen molar-refractivity contribution in [2.24, 2.45) is 0 Å². The molecule has 1 amide bonds. The van der Waals surface area contributed by atoms with Crippen LogP contribution in [0.1, 0.15) is 27.9 Å². The molecule has 2 N–H and O–H groups in total. The van der Waals surface area contributed by atoms with Crippen molar-refractivity contribution in [3.05, 3.63) is 53.1 Å². The largest absolute Gasteiger partial charge is 0.493 e. The Kier molecular flexibility index (Phi) is 5.56. The summed E-state index contributed by atoms with van der Waals surface area (Å²) in [5.41, 5.74) is 1.82. The van der Waals surface area contributed by atoms with Crippen molar-refractivity contribution in [2.45, 2.75) is 24.9 Å². The number of hydrogen-bond acceptors (Lipinski definition) is 5. The van der Waals surface area contributed by atoms with Crippen LogP contribution in [0.3, 0.4) is 0 Å². The first-order valence-corrected chi connectivity index (χ1v) is 8.87. The third-order valence-corrected chi connectivity index (χ3v) is 5.00. The maximum absolute atomic E-state index is 12.6. The molecule has 0 radical (unpaired) electrons. The molecule has 144 valence electrons. The van der Waals surface area contributed by atoms with Crippen LogP contribution in [0.2, 0.25) is 0 Å². The van der Waals surface area contributed by atoms with Crippen molar-refractivity contribution in [1.82, 2.24) is 5.32 Å². The van der Waals surface area contributed by atoms with Crippen molar-refractivity contribution in [2.75, 3.05) is 27.9 Å². The molecule has 2 aromatic rings. The molecule has 1 unspecified atom stereocenters. The van der Waals surface area contributed by atoms with Gasteiger partial charge in [-0.25, -0.2) is 0 Å². The fourth-order valence-corrected chi connectivity index (χ4v) is 3.49. The van der Waals surface area contributed by atoms with Crippen molar-refractivity contribution >= 4 is 5.91 Å². The highest BCUT2D eigenvalue weighted by Crippen LogP contribution is 2.38. The van der Waals surface area contributed by atoms with Crippen molar-refractivity contribution < 1.29 is 24.1 Å². The van der Waals surface area contributed by atoms with Crippen LogP contribution in [0.5, 0.6) is 17.2 Å². The predicted molar refractivity (Wildman–Crippen MR) is 102 cm³/mol. The summed E-state index contributed by atoms with van der Waals surface area (Å²) in [5.74, 6) is 0.945. The normalized spacial score (nSPS) is 18.4. The molecule has 3 rings (SSSR count). The Labute approximate surface area is 159 Å². The fourth-order valence-electron chi connectivity index (χ4n) is 3.49. The molecule has 6 heteroatoms. The summed E-state index contributed by atoms with van der Waals surface area (Å²) in [6.45, 7) is 0.177. The van der Waals surface area contributed by atoms with Gasteiger partial charge < -0.3 is 24.6 Å². The molecule has 1 atom stereocenters. The van der Waals surface area contributed by atoms with Gasteiger partial charge in [-0.05, 0) is 36.1 Å².